The van der Waals surface area contributed by atoms with Gasteiger partial charge in [-0.05, 0) is 134 Å². The van der Waals surface area contributed by atoms with Crippen LogP contribution in [0.3, 0.4) is 0 Å². The molecule has 0 saturated carbocycles. The molecule has 254 valence electrons. The largest absolute Gasteiger partial charge is 0.371 e. The summed E-state index contributed by atoms with van der Waals surface area (Å²) in [5.74, 6) is 0.655. The number of carbonyl (C=O) groups is 2. The number of hydrogen-bond donors (Lipinski definition) is 0. The molecule has 3 heterocycles. The fourth-order valence-corrected chi connectivity index (χ4v) is 10.2. The highest BCUT2D eigenvalue weighted by molar-refractivity contribution is 6.04. The van der Waals surface area contributed by atoms with Crippen molar-refractivity contribution in [1.29, 1.82) is 0 Å². The van der Waals surface area contributed by atoms with E-state index >= 15 is 0 Å². The average Bonchev–Trinajstić information content (AvgIpc) is 3.04. The monoisotopic (exact) mass is 645 g/mol. The zero-order chi connectivity index (χ0) is 34.1. The van der Waals surface area contributed by atoms with Crippen LogP contribution in [0.1, 0.15) is 119 Å². The minimum Gasteiger partial charge on any atom is -0.371 e. The second-order valence-corrected chi connectivity index (χ2v) is 16.3. The lowest BCUT2D eigenvalue weighted by Gasteiger charge is -2.53. The highest BCUT2D eigenvalue weighted by Crippen LogP contribution is 2.57. The van der Waals surface area contributed by atoms with Gasteiger partial charge in [-0.1, -0.05) is 58.0 Å². The Kier molecular flexibility index (Phi) is 8.38. The predicted octanol–water partition coefficient (Wildman–Crippen LogP) is 8.30. The Morgan fingerprint density at radius 3 is 2.48 bits per heavy atom. The standard InChI is InChI=1S/C43H55N3O2/c1-9-46-37-25-36-34(24-33(37)27(2)26-42(46,4)5)38(30-17-10-11-18-31(30)41(48)44(8)20-12-15-28(3)47)35-23-29-16-13-21-45-22-14-19-32(40(29)45)39(35)43(36,6)7/h10-11,17-18,23-25,27,37H,9,12-16,19-22,26H2,1-8H3. The van der Waals surface area contributed by atoms with Crippen molar-refractivity contribution < 1.29 is 9.59 Å². The third-order valence-corrected chi connectivity index (χ3v) is 12.3. The van der Waals surface area contributed by atoms with Gasteiger partial charge in [-0.15, -0.1) is 0 Å². The van der Waals surface area contributed by atoms with Crippen molar-refractivity contribution in [2.24, 2.45) is 5.92 Å². The Morgan fingerprint density at radius 1 is 1.02 bits per heavy atom. The van der Waals surface area contributed by atoms with Crippen LogP contribution in [0.5, 0.6) is 0 Å². The van der Waals surface area contributed by atoms with Gasteiger partial charge in [-0.2, -0.15) is 0 Å². The minimum atomic E-state index is -0.187. The number of hydrogen-bond acceptors (Lipinski definition) is 4. The summed E-state index contributed by atoms with van der Waals surface area (Å²) in [6, 6.07) is 11.1. The molecule has 0 bridgehead atoms. The topological polar surface area (TPSA) is 43.9 Å². The summed E-state index contributed by atoms with van der Waals surface area (Å²) in [5.41, 5.74) is 14.5. The van der Waals surface area contributed by atoms with Crippen LogP contribution >= 0.6 is 0 Å². The van der Waals surface area contributed by atoms with Crippen LogP contribution in [0.15, 0.2) is 59.2 Å². The molecule has 0 N–H and O–H groups in total. The number of ketones is 1. The summed E-state index contributed by atoms with van der Waals surface area (Å²) in [6.07, 6.45) is 12.1. The van der Waals surface area contributed by atoms with Gasteiger partial charge in [0.05, 0.1) is 6.04 Å². The van der Waals surface area contributed by atoms with E-state index in [-0.39, 0.29) is 28.7 Å². The molecule has 2 aromatic rings. The molecule has 5 aliphatic rings. The number of anilines is 1. The number of carbonyl (C=O) groups excluding carboxylic acids is 2. The molecule has 2 aromatic carbocycles. The quantitative estimate of drug-likeness (QED) is 0.304. The molecule has 7 rings (SSSR count). The SMILES string of the molecule is CCN1C2C=C3C(=C(c4ccccc4C(=O)N(C)CCCC(C)=O)c4cc5c6c(c4C3(C)C)CCCN6CCC5)C=C2C(C)CC1(C)C. The van der Waals surface area contributed by atoms with Crippen LogP contribution in [0.2, 0.25) is 0 Å². The first-order chi connectivity index (χ1) is 22.8. The van der Waals surface area contributed by atoms with Crippen molar-refractivity contribution in [2.75, 3.05) is 38.1 Å². The summed E-state index contributed by atoms with van der Waals surface area (Å²) >= 11 is 0. The third kappa shape index (κ3) is 5.23. The van der Waals surface area contributed by atoms with Crippen LogP contribution in [-0.2, 0) is 23.1 Å². The fourth-order valence-electron chi connectivity index (χ4n) is 10.2. The minimum absolute atomic E-state index is 0.0240. The molecule has 0 spiro atoms. The maximum Gasteiger partial charge on any atom is 0.254 e. The van der Waals surface area contributed by atoms with Crippen molar-refractivity contribution in [3.63, 3.8) is 0 Å². The second-order valence-electron chi connectivity index (χ2n) is 16.3. The van der Waals surface area contributed by atoms with Gasteiger partial charge in [0.2, 0.25) is 0 Å². The summed E-state index contributed by atoms with van der Waals surface area (Å²) in [7, 11) is 1.88. The lowest BCUT2D eigenvalue weighted by molar-refractivity contribution is -0.117. The molecule has 1 amide bonds. The Bertz CT molecular complexity index is 1770. The van der Waals surface area contributed by atoms with Gasteiger partial charge in [0, 0.05) is 55.3 Å². The smallest absolute Gasteiger partial charge is 0.254 e. The van der Waals surface area contributed by atoms with Crippen LogP contribution in [-0.4, -0.2) is 66.3 Å². The average molecular weight is 646 g/mol. The number of Topliss-reactive ketones (excluding diaryl/α,β-unsaturated/α-hetero) is 1. The molecule has 0 radical (unpaired) electrons. The van der Waals surface area contributed by atoms with Crippen LogP contribution < -0.4 is 4.90 Å². The van der Waals surface area contributed by atoms with Crippen molar-refractivity contribution in [3.05, 3.63) is 92.6 Å². The highest BCUT2D eigenvalue weighted by Gasteiger charge is 2.47. The van der Waals surface area contributed by atoms with Gasteiger partial charge in [-0.25, -0.2) is 0 Å². The molecule has 2 unspecified atom stereocenters. The van der Waals surface area contributed by atoms with E-state index in [1.807, 2.05) is 24.1 Å². The summed E-state index contributed by atoms with van der Waals surface area (Å²) in [4.78, 5) is 33.2. The molecular formula is C43H55N3O2. The molecule has 0 aromatic heterocycles. The lowest BCUT2D eigenvalue weighted by atomic mass is 9.59. The fraction of sp³-hybridized carbons (Fsp3) is 0.535. The van der Waals surface area contributed by atoms with E-state index in [0.717, 1.165) is 50.0 Å². The van der Waals surface area contributed by atoms with E-state index in [0.29, 0.717) is 25.3 Å². The number of rotatable bonds is 7. The van der Waals surface area contributed by atoms with Crippen LogP contribution in [0, 0.1) is 5.92 Å². The normalized spacial score (nSPS) is 23.7. The van der Waals surface area contributed by atoms with Gasteiger partial charge in [0.25, 0.3) is 5.91 Å². The molecular weight excluding hydrogens is 590 g/mol. The number of likely N-dealkylation sites (tertiary alicyclic amines) is 1. The molecule has 3 aliphatic heterocycles. The predicted molar refractivity (Wildman–Crippen MR) is 198 cm³/mol. The van der Waals surface area contributed by atoms with Gasteiger partial charge >= 0.3 is 0 Å². The molecule has 48 heavy (non-hydrogen) atoms. The van der Waals surface area contributed by atoms with E-state index in [1.54, 1.807) is 12.5 Å². The Hall–Kier alpha value is -3.44. The van der Waals surface area contributed by atoms with Gasteiger partial charge in [-0.3, -0.25) is 9.69 Å². The number of fused-ring (bicyclic) bond motifs is 4. The molecule has 2 atom stereocenters. The number of amides is 1. The van der Waals surface area contributed by atoms with E-state index < -0.39 is 0 Å². The number of benzene rings is 2. The molecule has 5 heteroatoms. The lowest BCUT2D eigenvalue weighted by Crippen LogP contribution is -2.56. The first-order valence-electron chi connectivity index (χ1n) is 18.6. The number of aryl methyl sites for hydroxylation is 1. The maximum atomic E-state index is 14.3. The Balaban J connectivity index is 1.50. The molecule has 5 nitrogen and oxygen atoms in total. The van der Waals surface area contributed by atoms with Crippen molar-refractivity contribution >= 4 is 23.0 Å². The Labute approximate surface area is 288 Å². The molecule has 2 aliphatic carbocycles. The summed E-state index contributed by atoms with van der Waals surface area (Å²) < 4.78 is 0. The van der Waals surface area contributed by atoms with Crippen molar-refractivity contribution in [1.82, 2.24) is 9.80 Å². The number of piperidine rings is 1. The highest BCUT2D eigenvalue weighted by atomic mass is 16.2. The van der Waals surface area contributed by atoms with E-state index in [9.17, 15) is 9.59 Å². The zero-order valence-corrected chi connectivity index (χ0v) is 30.6. The molecule has 1 fully saturated rings. The second kappa shape index (κ2) is 12.2. The first-order valence-corrected chi connectivity index (χ1v) is 18.6. The first kappa shape index (κ1) is 33.1. The number of nitrogens with zero attached hydrogens (tertiary/aromatic N) is 3. The van der Waals surface area contributed by atoms with Crippen molar-refractivity contribution in [3.8, 4) is 0 Å². The van der Waals surface area contributed by atoms with Gasteiger partial charge in [0.1, 0.15) is 5.78 Å². The summed E-state index contributed by atoms with van der Waals surface area (Å²) in [6.45, 7) is 20.0. The van der Waals surface area contributed by atoms with Crippen LogP contribution in [0.4, 0.5) is 5.69 Å². The maximum absolute atomic E-state index is 14.3. The third-order valence-electron chi connectivity index (χ3n) is 12.3. The van der Waals surface area contributed by atoms with Gasteiger partial charge < -0.3 is 14.6 Å². The number of allylic oxidation sites excluding steroid dienone is 3. The van der Waals surface area contributed by atoms with E-state index in [4.69, 9.17) is 0 Å². The van der Waals surface area contributed by atoms with Crippen LogP contribution in [0.25, 0.3) is 5.57 Å². The summed E-state index contributed by atoms with van der Waals surface area (Å²) in [5, 5.41) is 0. The Morgan fingerprint density at radius 2 is 1.75 bits per heavy atom. The molecule has 1 saturated heterocycles. The van der Waals surface area contributed by atoms with Gasteiger partial charge in [0.15, 0.2) is 0 Å². The van der Waals surface area contributed by atoms with E-state index in [1.165, 1.54) is 57.5 Å². The zero-order valence-electron chi connectivity index (χ0n) is 30.6. The van der Waals surface area contributed by atoms with E-state index in [2.05, 4.69) is 81.7 Å². The number of likely N-dealkylation sites (N-methyl/N-ethyl adjacent to an activating group) is 1. The van der Waals surface area contributed by atoms with Crippen molar-refractivity contribution in [2.45, 2.75) is 110 Å².